The highest BCUT2D eigenvalue weighted by molar-refractivity contribution is 5.89. The Balaban J connectivity index is 1.73. The average Bonchev–Trinajstić information content (AvgIpc) is 2.64. The van der Waals surface area contributed by atoms with Crippen LogP contribution in [-0.4, -0.2) is 47.1 Å². The van der Waals surface area contributed by atoms with E-state index in [2.05, 4.69) is 6.58 Å². The van der Waals surface area contributed by atoms with Crippen LogP contribution in [0.4, 0.5) is 4.79 Å². The predicted octanol–water partition coefficient (Wildman–Crippen LogP) is 2.67. The number of hydrogen-bond donors (Lipinski definition) is 0. The Morgan fingerprint density at radius 2 is 2.16 bits per heavy atom. The standard InChI is InChI=1S/C19H22N2O4/c1-3-7-16-12-24-13-17-10-20(14(2)18(22)21(16)17)19(23)25-11-15-8-5-4-6-9-15/h3-6,8-10,14,16H,1,7,11-13H2,2H3. The van der Waals surface area contributed by atoms with Crippen molar-refractivity contribution in [3.8, 4) is 0 Å². The molecule has 0 aromatic heterocycles. The first-order valence-corrected chi connectivity index (χ1v) is 8.33. The summed E-state index contributed by atoms with van der Waals surface area (Å²) in [4.78, 5) is 28.3. The number of hydrogen-bond acceptors (Lipinski definition) is 4. The maximum atomic E-state index is 12.8. The van der Waals surface area contributed by atoms with Crippen LogP contribution in [0, 0.1) is 0 Å². The summed E-state index contributed by atoms with van der Waals surface area (Å²) < 4.78 is 10.9. The van der Waals surface area contributed by atoms with E-state index in [1.54, 1.807) is 24.1 Å². The summed E-state index contributed by atoms with van der Waals surface area (Å²) in [6.07, 6.45) is 3.54. The Bertz CT molecular complexity index is 686. The fourth-order valence-electron chi connectivity index (χ4n) is 3.06. The van der Waals surface area contributed by atoms with Crippen LogP contribution in [-0.2, 0) is 20.9 Å². The summed E-state index contributed by atoms with van der Waals surface area (Å²) in [5.74, 6) is -0.121. The molecular weight excluding hydrogens is 320 g/mol. The Morgan fingerprint density at radius 3 is 2.88 bits per heavy atom. The molecule has 2 atom stereocenters. The summed E-state index contributed by atoms with van der Waals surface area (Å²) in [6, 6.07) is 8.75. The lowest BCUT2D eigenvalue weighted by atomic mass is 10.1. The fourth-order valence-corrected chi connectivity index (χ4v) is 3.06. The Labute approximate surface area is 147 Å². The summed E-state index contributed by atoms with van der Waals surface area (Å²) in [6.45, 7) is 6.38. The minimum atomic E-state index is -0.613. The van der Waals surface area contributed by atoms with Crippen molar-refractivity contribution in [2.75, 3.05) is 13.2 Å². The third-order valence-electron chi connectivity index (χ3n) is 4.39. The van der Waals surface area contributed by atoms with Crippen molar-refractivity contribution in [1.82, 2.24) is 9.80 Å². The highest BCUT2D eigenvalue weighted by atomic mass is 16.6. The van der Waals surface area contributed by atoms with E-state index in [4.69, 9.17) is 9.47 Å². The molecule has 2 aliphatic rings. The molecule has 25 heavy (non-hydrogen) atoms. The van der Waals surface area contributed by atoms with Gasteiger partial charge in [0.1, 0.15) is 12.6 Å². The molecule has 1 aromatic carbocycles. The second-order valence-electron chi connectivity index (χ2n) is 6.15. The van der Waals surface area contributed by atoms with Crippen LogP contribution < -0.4 is 0 Å². The number of carbonyl (C=O) groups excluding carboxylic acids is 2. The Morgan fingerprint density at radius 1 is 1.40 bits per heavy atom. The number of rotatable bonds is 4. The van der Waals surface area contributed by atoms with Crippen LogP contribution in [0.3, 0.4) is 0 Å². The smallest absolute Gasteiger partial charge is 0.414 e. The molecule has 1 aromatic rings. The zero-order valence-corrected chi connectivity index (χ0v) is 14.3. The Hall–Kier alpha value is -2.60. The van der Waals surface area contributed by atoms with E-state index in [1.807, 2.05) is 30.3 Å². The monoisotopic (exact) mass is 342 g/mol. The maximum Gasteiger partial charge on any atom is 0.414 e. The molecule has 2 unspecified atom stereocenters. The van der Waals surface area contributed by atoms with Crippen LogP contribution in [0.25, 0.3) is 0 Å². The molecule has 0 saturated carbocycles. The van der Waals surface area contributed by atoms with Gasteiger partial charge in [-0.05, 0) is 18.9 Å². The second-order valence-corrected chi connectivity index (χ2v) is 6.15. The number of amides is 2. The lowest BCUT2D eigenvalue weighted by Gasteiger charge is -2.43. The molecular formula is C19H22N2O4. The molecule has 6 nitrogen and oxygen atoms in total. The third-order valence-corrected chi connectivity index (χ3v) is 4.39. The van der Waals surface area contributed by atoms with E-state index < -0.39 is 12.1 Å². The van der Waals surface area contributed by atoms with Gasteiger partial charge < -0.3 is 14.4 Å². The van der Waals surface area contributed by atoms with E-state index in [1.165, 1.54) is 4.90 Å². The minimum absolute atomic E-state index is 0.0741. The van der Waals surface area contributed by atoms with Crippen molar-refractivity contribution in [2.24, 2.45) is 0 Å². The molecule has 0 radical (unpaired) electrons. The molecule has 0 N–H and O–H groups in total. The molecule has 1 fully saturated rings. The highest BCUT2D eigenvalue weighted by Gasteiger charge is 2.40. The van der Waals surface area contributed by atoms with Gasteiger partial charge in [-0.15, -0.1) is 6.58 Å². The summed E-state index contributed by atoms with van der Waals surface area (Å²) in [5.41, 5.74) is 1.58. The average molecular weight is 342 g/mol. The van der Waals surface area contributed by atoms with Crippen molar-refractivity contribution in [3.05, 3.63) is 60.4 Å². The number of ether oxygens (including phenoxy) is 2. The van der Waals surface area contributed by atoms with Crippen LogP contribution in [0.5, 0.6) is 0 Å². The molecule has 2 aliphatic heterocycles. The largest absolute Gasteiger partial charge is 0.444 e. The quantitative estimate of drug-likeness (QED) is 0.790. The molecule has 0 bridgehead atoms. The molecule has 0 spiro atoms. The van der Waals surface area contributed by atoms with E-state index in [0.717, 1.165) is 5.56 Å². The molecule has 3 rings (SSSR count). The summed E-state index contributed by atoms with van der Waals surface area (Å²) >= 11 is 0. The Kier molecular flexibility index (Phi) is 5.19. The SMILES string of the molecule is C=CCC1COCC2=CN(C(=O)OCc3ccccc3)C(C)C(=O)N21. The van der Waals surface area contributed by atoms with Crippen LogP contribution in [0.1, 0.15) is 18.9 Å². The van der Waals surface area contributed by atoms with Gasteiger partial charge >= 0.3 is 6.09 Å². The van der Waals surface area contributed by atoms with E-state index in [9.17, 15) is 9.59 Å². The van der Waals surface area contributed by atoms with Gasteiger partial charge in [0.05, 0.1) is 25.0 Å². The van der Waals surface area contributed by atoms with Crippen molar-refractivity contribution < 1.29 is 19.1 Å². The first-order chi connectivity index (χ1) is 12.1. The van der Waals surface area contributed by atoms with Crippen LogP contribution in [0.15, 0.2) is 54.9 Å². The van der Waals surface area contributed by atoms with Gasteiger partial charge in [-0.1, -0.05) is 36.4 Å². The number of carbonyl (C=O) groups is 2. The molecule has 2 heterocycles. The van der Waals surface area contributed by atoms with Gasteiger partial charge in [0.2, 0.25) is 5.91 Å². The first kappa shape index (κ1) is 17.2. The number of nitrogens with zero attached hydrogens (tertiary/aromatic N) is 2. The van der Waals surface area contributed by atoms with Gasteiger partial charge in [-0.3, -0.25) is 9.69 Å². The van der Waals surface area contributed by atoms with Gasteiger partial charge in [0.25, 0.3) is 0 Å². The first-order valence-electron chi connectivity index (χ1n) is 8.33. The normalized spacial score (nSPS) is 22.9. The number of morpholine rings is 1. The maximum absolute atomic E-state index is 12.8. The zero-order chi connectivity index (χ0) is 17.8. The minimum Gasteiger partial charge on any atom is -0.444 e. The third kappa shape index (κ3) is 3.58. The van der Waals surface area contributed by atoms with Crippen LogP contribution in [0.2, 0.25) is 0 Å². The molecule has 1 saturated heterocycles. The topological polar surface area (TPSA) is 59.1 Å². The molecule has 6 heteroatoms. The van der Waals surface area contributed by atoms with E-state index >= 15 is 0 Å². The lowest BCUT2D eigenvalue weighted by molar-refractivity contribution is -0.141. The molecule has 0 aliphatic carbocycles. The van der Waals surface area contributed by atoms with Crippen molar-refractivity contribution in [3.63, 3.8) is 0 Å². The van der Waals surface area contributed by atoms with E-state index in [-0.39, 0.29) is 18.6 Å². The zero-order valence-electron chi connectivity index (χ0n) is 14.3. The highest BCUT2D eigenvalue weighted by Crippen LogP contribution is 2.27. The van der Waals surface area contributed by atoms with Crippen molar-refractivity contribution >= 4 is 12.0 Å². The van der Waals surface area contributed by atoms with E-state index in [0.29, 0.717) is 25.3 Å². The van der Waals surface area contributed by atoms with Gasteiger partial charge in [-0.2, -0.15) is 0 Å². The van der Waals surface area contributed by atoms with Crippen LogP contribution >= 0.6 is 0 Å². The second kappa shape index (κ2) is 7.53. The summed E-state index contributed by atoms with van der Waals surface area (Å²) in [7, 11) is 0. The fraction of sp³-hybridized carbons (Fsp3) is 0.368. The molecule has 132 valence electrons. The van der Waals surface area contributed by atoms with Crippen molar-refractivity contribution in [2.45, 2.75) is 32.0 Å². The predicted molar refractivity (Wildman–Crippen MR) is 92.3 cm³/mol. The number of fused-ring (bicyclic) bond motifs is 1. The molecule has 2 amide bonds. The summed E-state index contributed by atoms with van der Waals surface area (Å²) in [5, 5.41) is 0. The van der Waals surface area contributed by atoms with Crippen molar-refractivity contribution in [1.29, 1.82) is 0 Å². The number of benzene rings is 1. The van der Waals surface area contributed by atoms with Gasteiger partial charge in [0.15, 0.2) is 0 Å². The lowest BCUT2D eigenvalue weighted by Crippen LogP contribution is -2.57. The van der Waals surface area contributed by atoms with Gasteiger partial charge in [0, 0.05) is 6.20 Å². The van der Waals surface area contributed by atoms with Gasteiger partial charge in [-0.25, -0.2) is 4.79 Å².